The van der Waals surface area contributed by atoms with Crippen LogP contribution >= 0.6 is 0 Å². The minimum absolute atomic E-state index is 0.0136. The van der Waals surface area contributed by atoms with Crippen molar-refractivity contribution in [1.29, 1.82) is 0 Å². The number of ether oxygens (including phenoxy) is 1. The van der Waals surface area contributed by atoms with Crippen LogP contribution in [0.2, 0.25) is 0 Å². The molecule has 5 heterocycles. The summed E-state index contributed by atoms with van der Waals surface area (Å²) in [7, 11) is 2.19. The van der Waals surface area contributed by atoms with Gasteiger partial charge in [0.15, 0.2) is 0 Å². The van der Waals surface area contributed by atoms with Crippen LogP contribution in [0.3, 0.4) is 0 Å². The number of nitrogens with zero attached hydrogens (tertiary/aromatic N) is 3. The van der Waals surface area contributed by atoms with E-state index in [9.17, 15) is 9.59 Å². The molecule has 3 atom stereocenters. The van der Waals surface area contributed by atoms with Crippen molar-refractivity contribution >= 4 is 17.6 Å². The van der Waals surface area contributed by atoms with Gasteiger partial charge in [-0.25, -0.2) is 4.98 Å². The number of hydrogen-bond donors (Lipinski definition) is 2. The van der Waals surface area contributed by atoms with Gasteiger partial charge in [0.2, 0.25) is 0 Å². The highest BCUT2D eigenvalue weighted by molar-refractivity contribution is 5.97. The van der Waals surface area contributed by atoms with Crippen LogP contribution in [-0.4, -0.2) is 66.6 Å². The van der Waals surface area contributed by atoms with E-state index in [1.165, 1.54) is 24.0 Å². The number of carbonyl (C=O) groups excluding carboxylic acids is 2. The summed E-state index contributed by atoms with van der Waals surface area (Å²) >= 11 is 0. The van der Waals surface area contributed by atoms with E-state index in [4.69, 9.17) is 9.72 Å². The first-order chi connectivity index (χ1) is 21.4. The fourth-order valence-electron chi connectivity index (χ4n) is 7.79. The fourth-order valence-corrected chi connectivity index (χ4v) is 7.79. The van der Waals surface area contributed by atoms with E-state index in [-0.39, 0.29) is 17.9 Å². The first kappa shape index (κ1) is 28.8. The molecule has 0 unspecified atom stereocenters. The van der Waals surface area contributed by atoms with Crippen LogP contribution in [0.15, 0.2) is 54.7 Å². The summed E-state index contributed by atoms with van der Waals surface area (Å²) < 4.78 is 5.78. The summed E-state index contributed by atoms with van der Waals surface area (Å²) in [6.45, 7) is 5.47. The zero-order valence-electron chi connectivity index (χ0n) is 25.9. The molecule has 3 fully saturated rings. The molecule has 2 bridgehead atoms. The van der Waals surface area contributed by atoms with Crippen LogP contribution in [0.25, 0.3) is 0 Å². The molecule has 2 N–H and O–H groups in total. The number of benzene rings is 2. The molecule has 4 aliphatic rings. The largest absolute Gasteiger partial charge is 0.493 e. The van der Waals surface area contributed by atoms with E-state index in [0.29, 0.717) is 42.3 Å². The lowest BCUT2D eigenvalue weighted by Gasteiger charge is -2.40. The highest BCUT2D eigenvalue weighted by Crippen LogP contribution is 2.39. The summed E-state index contributed by atoms with van der Waals surface area (Å²) in [4.78, 5) is 35.7. The molecule has 8 heteroatoms. The monoisotopic (exact) mass is 593 g/mol. The predicted octanol–water partition coefficient (Wildman–Crippen LogP) is 4.99. The molecule has 7 rings (SSSR count). The zero-order chi connectivity index (χ0) is 30.2. The van der Waals surface area contributed by atoms with Gasteiger partial charge in [-0.05, 0) is 106 Å². The van der Waals surface area contributed by atoms with Crippen LogP contribution in [0.4, 0.5) is 5.82 Å². The van der Waals surface area contributed by atoms with E-state index in [0.717, 1.165) is 67.9 Å². The minimum Gasteiger partial charge on any atom is -0.493 e. The number of aromatic nitrogens is 1. The average Bonchev–Trinajstić information content (AvgIpc) is 3.63. The maximum atomic E-state index is 13.2. The van der Waals surface area contributed by atoms with E-state index in [1.807, 2.05) is 31.2 Å². The average molecular weight is 594 g/mol. The second-order valence-corrected chi connectivity index (χ2v) is 13.2. The zero-order valence-corrected chi connectivity index (χ0v) is 25.9. The molecule has 0 aliphatic carbocycles. The van der Waals surface area contributed by atoms with Gasteiger partial charge >= 0.3 is 0 Å². The smallest absolute Gasteiger partial charge is 0.253 e. The van der Waals surface area contributed by atoms with E-state index < -0.39 is 0 Å². The van der Waals surface area contributed by atoms with Crippen molar-refractivity contribution in [3.8, 4) is 5.75 Å². The Morgan fingerprint density at radius 1 is 0.932 bits per heavy atom. The molecule has 0 spiro atoms. The first-order valence-corrected chi connectivity index (χ1v) is 16.3. The SMILES string of the molecule is Cc1c(C(=O)N[C@H]2C[C@H]3CC[C@@H](C2)N3c2ccc(C(=O)NCc3ccc(C4CCN(C)CC4)cc3)cn2)ccc2c1OCC2. The molecule has 2 aromatic carbocycles. The van der Waals surface area contributed by atoms with Gasteiger partial charge in [-0.1, -0.05) is 30.3 Å². The Hall–Kier alpha value is -3.91. The Labute approximate surface area is 260 Å². The maximum absolute atomic E-state index is 13.2. The molecular formula is C36H43N5O3. The lowest BCUT2D eigenvalue weighted by molar-refractivity contribution is 0.0923. The molecular weight excluding hydrogens is 550 g/mol. The molecule has 230 valence electrons. The van der Waals surface area contributed by atoms with Crippen molar-refractivity contribution < 1.29 is 14.3 Å². The molecule has 8 nitrogen and oxygen atoms in total. The number of piperidine rings is 2. The molecule has 1 aromatic heterocycles. The summed E-state index contributed by atoms with van der Waals surface area (Å²) in [5, 5.41) is 6.37. The van der Waals surface area contributed by atoms with Crippen LogP contribution in [0.5, 0.6) is 5.75 Å². The Morgan fingerprint density at radius 3 is 2.39 bits per heavy atom. The van der Waals surface area contributed by atoms with Crippen molar-refractivity contribution in [3.05, 3.63) is 88.1 Å². The lowest BCUT2D eigenvalue weighted by Crippen LogP contribution is -2.50. The standard InChI is InChI=1S/C36H43N5O3/c1-23-32(11-7-27-15-18-44-34(23)27)36(43)39-29-19-30-9-10-31(20-29)41(30)33-12-8-28(22-37-33)35(42)38-21-24-3-5-25(6-4-24)26-13-16-40(2)17-14-26/h3-8,11-12,22,26,29-31H,9-10,13-21H2,1-2H3,(H,38,42)(H,39,43)/t29-,30+,31-. The maximum Gasteiger partial charge on any atom is 0.253 e. The van der Waals surface area contributed by atoms with Gasteiger partial charge in [0, 0.05) is 48.4 Å². The van der Waals surface area contributed by atoms with Crippen molar-refractivity contribution in [2.24, 2.45) is 0 Å². The molecule has 3 saturated heterocycles. The predicted molar refractivity (Wildman–Crippen MR) is 171 cm³/mol. The lowest BCUT2D eigenvalue weighted by atomic mass is 9.89. The van der Waals surface area contributed by atoms with Crippen LogP contribution in [0, 0.1) is 6.92 Å². The summed E-state index contributed by atoms with van der Waals surface area (Å²) in [5.74, 6) is 2.30. The van der Waals surface area contributed by atoms with Gasteiger partial charge < -0.3 is 25.2 Å². The van der Waals surface area contributed by atoms with E-state index in [1.54, 1.807) is 6.20 Å². The van der Waals surface area contributed by atoms with Crippen LogP contribution < -0.4 is 20.3 Å². The summed E-state index contributed by atoms with van der Waals surface area (Å²) in [5.41, 5.74) is 5.91. The van der Waals surface area contributed by atoms with Crippen molar-refractivity contribution in [2.45, 2.75) is 82.5 Å². The number of pyridine rings is 1. The number of amides is 2. The molecule has 0 radical (unpaired) electrons. The Kier molecular flexibility index (Phi) is 8.02. The normalized spacial score (nSPS) is 23.2. The number of anilines is 1. The first-order valence-electron chi connectivity index (χ1n) is 16.3. The topological polar surface area (TPSA) is 86.8 Å². The fraction of sp³-hybridized carbons (Fsp3) is 0.472. The van der Waals surface area contributed by atoms with Crippen LogP contribution in [0.1, 0.15) is 87.4 Å². The highest BCUT2D eigenvalue weighted by atomic mass is 16.5. The van der Waals surface area contributed by atoms with Gasteiger partial charge in [0.25, 0.3) is 11.8 Å². The van der Waals surface area contributed by atoms with E-state index >= 15 is 0 Å². The Bertz CT molecular complexity index is 1500. The molecule has 44 heavy (non-hydrogen) atoms. The Balaban J connectivity index is 0.922. The van der Waals surface area contributed by atoms with Crippen molar-refractivity contribution in [1.82, 2.24) is 20.5 Å². The molecule has 4 aliphatic heterocycles. The number of carbonyl (C=O) groups is 2. The Morgan fingerprint density at radius 2 is 1.68 bits per heavy atom. The molecule has 3 aromatic rings. The van der Waals surface area contributed by atoms with E-state index in [2.05, 4.69) is 51.7 Å². The van der Waals surface area contributed by atoms with Crippen molar-refractivity contribution in [2.75, 3.05) is 31.6 Å². The second-order valence-electron chi connectivity index (χ2n) is 13.2. The number of nitrogens with one attached hydrogen (secondary N) is 2. The van der Waals surface area contributed by atoms with Gasteiger partial charge in [0.1, 0.15) is 11.6 Å². The quantitative estimate of drug-likeness (QED) is 0.401. The number of hydrogen-bond acceptors (Lipinski definition) is 6. The van der Waals surface area contributed by atoms with Crippen LogP contribution in [-0.2, 0) is 13.0 Å². The van der Waals surface area contributed by atoms with Gasteiger partial charge in [-0.3, -0.25) is 9.59 Å². The second kappa shape index (κ2) is 12.2. The third-order valence-electron chi connectivity index (χ3n) is 10.3. The molecule has 2 amide bonds. The van der Waals surface area contributed by atoms with Crippen molar-refractivity contribution in [3.63, 3.8) is 0 Å². The van der Waals surface area contributed by atoms with Gasteiger partial charge in [0.05, 0.1) is 12.2 Å². The van der Waals surface area contributed by atoms with Gasteiger partial charge in [-0.2, -0.15) is 0 Å². The number of likely N-dealkylation sites (tertiary alicyclic amines) is 1. The third-order valence-corrected chi connectivity index (χ3v) is 10.3. The minimum atomic E-state index is -0.111. The molecule has 0 saturated carbocycles. The highest BCUT2D eigenvalue weighted by Gasteiger charge is 2.42. The summed E-state index contributed by atoms with van der Waals surface area (Å²) in [6, 6.07) is 17.3. The summed E-state index contributed by atoms with van der Waals surface area (Å²) in [6.07, 6.45) is 8.97. The van der Waals surface area contributed by atoms with Gasteiger partial charge in [-0.15, -0.1) is 0 Å². The number of rotatable bonds is 7. The number of fused-ring (bicyclic) bond motifs is 3. The third kappa shape index (κ3) is 5.80.